The van der Waals surface area contributed by atoms with Crippen molar-refractivity contribution in [3.05, 3.63) is 29.1 Å². The smallest absolute Gasteiger partial charge is 0.347 e. The van der Waals surface area contributed by atoms with E-state index in [1.165, 1.54) is 19.0 Å². The molecular weight excluding hydrogens is 388 g/mol. The average Bonchev–Trinajstić information content (AvgIpc) is 3.28. The molecule has 11 heteroatoms. The molecule has 0 atom stereocenters. The fourth-order valence-corrected chi connectivity index (χ4v) is 3.67. The first kappa shape index (κ1) is 19.6. The van der Waals surface area contributed by atoms with Crippen LogP contribution in [0, 0.1) is 0 Å². The molecule has 0 radical (unpaired) electrons. The maximum atomic E-state index is 13.9. The summed E-state index contributed by atoms with van der Waals surface area (Å²) < 4.78 is 77.3. The van der Waals surface area contributed by atoms with E-state index >= 15 is 0 Å². The number of halogens is 4. The zero-order valence-electron chi connectivity index (χ0n) is 14.9. The molecule has 1 aliphatic rings. The van der Waals surface area contributed by atoms with Gasteiger partial charge in [0.1, 0.15) is 4.90 Å². The zero-order valence-corrected chi connectivity index (χ0v) is 15.7. The first-order valence-electron chi connectivity index (χ1n) is 8.27. The summed E-state index contributed by atoms with van der Waals surface area (Å²) in [7, 11) is -2.08. The van der Waals surface area contributed by atoms with Gasteiger partial charge in [-0.3, -0.25) is 0 Å². The van der Waals surface area contributed by atoms with Crippen LogP contribution in [0.25, 0.3) is 5.69 Å². The van der Waals surface area contributed by atoms with Gasteiger partial charge in [-0.05, 0) is 42.4 Å². The molecule has 0 spiro atoms. The number of hydrogen-bond donors (Lipinski definition) is 0. The van der Waals surface area contributed by atoms with E-state index in [1.807, 2.05) is 0 Å². The molecule has 0 amide bonds. The second-order valence-electron chi connectivity index (χ2n) is 6.62. The molecule has 1 aliphatic carbocycles. The highest BCUT2D eigenvalue weighted by molar-refractivity contribution is 7.86. The van der Waals surface area contributed by atoms with E-state index in [9.17, 15) is 25.5 Å². The summed E-state index contributed by atoms with van der Waals surface area (Å²) in [6.45, 7) is 1.77. The van der Waals surface area contributed by atoms with Gasteiger partial charge >= 0.3 is 16.4 Å². The van der Waals surface area contributed by atoms with Crippen molar-refractivity contribution in [3.8, 4) is 5.69 Å². The highest BCUT2D eigenvalue weighted by Crippen LogP contribution is 2.45. The maximum absolute atomic E-state index is 13.9. The summed E-state index contributed by atoms with van der Waals surface area (Å²) in [6.07, 6.45) is -2.88. The molecule has 1 heterocycles. The number of alkyl halides is 3. The van der Waals surface area contributed by atoms with Gasteiger partial charge in [0.05, 0.1) is 5.69 Å². The Morgan fingerprint density at radius 1 is 1.26 bits per heavy atom. The largest absolute Gasteiger partial charge is 0.453 e. The molecule has 27 heavy (non-hydrogen) atoms. The van der Waals surface area contributed by atoms with E-state index in [1.54, 1.807) is 13.0 Å². The van der Waals surface area contributed by atoms with Crippen molar-refractivity contribution in [2.24, 2.45) is 0 Å². The Morgan fingerprint density at radius 2 is 1.89 bits per heavy atom. The lowest BCUT2D eigenvalue weighted by Crippen LogP contribution is -2.16. The molecule has 0 aliphatic heterocycles. The molecule has 0 N–H and O–H groups in total. The van der Waals surface area contributed by atoms with Gasteiger partial charge in [-0.15, -0.1) is 8.98 Å². The Hall–Kier alpha value is -2.17. The molecule has 1 aromatic heterocycles. The number of benzene rings is 1. The van der Waals surface area contributed by atoms with Crippen LogP contribution in [0.2, 0.25) is 0 Å². The van der Waals surface area contributed by atoms with Crippen molar-refractivity contribution in [2.45, 2.75) is 43.2 Å². The monoisotopic (exact) mass is 406 g/mol. The third kappa shape index (κ3) is 3.78. The van der Waals surface area contributed by atoms with Gasteiger partial charge in [0, 0.05) is 14.1 Å². The summed E-state index contributed by atoms with van der Waals surface area (Å²) in [5.74, 6) is -1.55. The predicted molar refractivity (Wildman–Crippen MR) is 90.3 cm³/mol. The normalized spacial score (nSPS) is 15.2. The topological polar surface area (TPSA) is 68.1 Å². The summed E-state index contributed by atoms with van der Waals surface area (Å²) in [5, 5.41) is 3.52. The highest BCUT2D eigenvalue weighted by Gasteiger charge is 2.38. The number of nitrogens with zero attached hydrogens (tertiary/aromatic N) is 4. The Bertz CT molecular complexity index is 979. The molecule has 2 aromatic rings. The van der Waals surface area contributed by atoms with E-state index in [-0.39, 0.29) is 17.6 Å². The average molecular weight is 406 g/mol. The third-order valence-electron chi connectivity index (χ3n) is 4.34. The van der Waals surface area contributed by atoms with Crippen LogP contribution in [-0.4, -0.2) is 37.3 Å². The molecule has 3 rings (SSSR count). The third-order valence-corrected chi connectivity index (χ3v) is 5.22. The molecule has 1 saturated carbocycles. The Kier molecular flexibility index (Phi) is 4.69. The Labute approximate surface area is 154 Å². The minimum atomic E-state index is -5.05. The second kappa shape index (κ2) is 6.47. The van der Waals surface area contributed by atoms with Gasteiger partial charge in [0.15, 0.2) is 0 Å². The summed E-state index contributed by atoms with van der Waals surface area (Å²) in [5.41, 5.74) is 0.983. The van der Waals surface area contributed by atoms with Crippen LogP contribution >= 0.6 is 0 Å². The van der Waals surface area contributed by atoms with Gasteiger partial charge in [-0.1, -0.05) is 13.0 Å². The van der Waals surface area contributed by atoms with Crippen molar-refractivity contribution in [1.29, 1.82) is 0 Å². The molecule has 0 bridgehead atoms. The molecule has 6 nitrogen and oxygen atoms in total. The zero-order chi connectivity index (χ0) is 20.1. The quantitative estimate of drug-likeness (QED) is 0.562. The van der Waals surface area contributed by atoms with E-state index in [2.05, 4.69) is 10.1 Å². The number of rotatable bonds is 5. The fourth-order valence-electron chi connectivity index (χ4n) is 2.91. The van der Waals surface area contributed by atoms with Crippen LogP contribution < -0.4 is 4.90 Å². The lowest BCUT2D eigenvalue weighted by molar-refractivity contribution is -0.144. The molecule has 1 aromatic carbocycles. The van der Waals surface area contributed by atoms with Gasteiger partial charge in [0.25, 0.3) is 5.82 Å². The summed E-state index contributed by atoms with van der Waals surface area (Å²) in [4.78, 5) is 4.30. The molecule has 148 valence electrons. The van der Waals surface area contributed by atoms with E-state index in [0.717, 1.165) is 23.6 Å². The number of anilines is 1. The van der Waals surface area contributed by atoms with Crippen LogP contribution in [0.3, 0.4) is 0 Å². The number of aryl methyl sites for hydroxylation is 1. The van der Waals surface area contributed by atoms with E-state index < -0.39 is 27.1 Å². The van der Waals surface area contributed by atoms with Crippen LogP contribution in [0.1, 0.15) is 42.6 Å². The molecule has 0 saturated heterocycles. The van der Waals surface area contributed by atoms with Crippen molar-refractivity contribution in [2.75, 3.05) is 19.0 Å². The fraction of sp³-hybridized carbons (Fsp3) is 0.500. The number of aromatic nitrogens is 3. The van der Waals surface area contributed by atoms with E-state index in [4.69, 9.17) is 0 Å². The molecular formula is C16H18F4N4O2S. The minimum absolute atomic E-state index is 0.0559. The lowest BCUT2D eigenvalue weighted by atomic mass is 10.0. The Balaban J connectivity index is 2.29. The van der Waals surface area contributed by atoms with Crippen LogP contribution in [-0.2, 0) is 22.8 Å². The van der Waals surface area contributed by atoms with Crippen molar-refractivity contribution < 1.29 is 25.5 Å². The van der Waals surface area contributed by atoms with Gasteiger partial charge in [-0.2, -0.15) is 31.3 Å². The van der Waals surface area contributed by atoms with Crippen molar-refractivity contribution in [1.82, 2.24) is 14.8 Å². The van der Waals surface area contributed by atoms with Crippen LogP contribution in [0.5, 0.6) is 0 Å². The van der Waals surface area contributed by atoms with Gasteiger partial charge < -0.3 is 4.90 Å². The first-order valence-corrected chi connectivity index (χ1v) is 9.65. The highest BCUT2D eigenvalue weighted by atomic mass is 32.3. The number of hydrogen-bond acceptors (Lipinski definition) is 5. The van der Waals surface area contributed by atoms with Gasteiger partial charge in [0.2, 0.25) is 5.95 Å². The van der Waals surface area contributed by atoms with E-state index in [0.29, 0.717) is 17.5 Å². The lowest BCUT2D eigenvalue weighted by Gasteiger charge is -2.17. The van der Waals surface area contributed by atoms with Crippen molar-refractivity contribution in [3.63, 3.8) is 0 Å². The van der Waals surface area contributed by atoms with Crippen LogP contribution in [0.15, 0.2) is 17.0 Å². The SMILES string of the molecule is CCc1cc(C2CC2)c(S(=O)(=O)F)cc1-n1nc(C(F)(F)F)nc1N(C)C. The summed E-state index contributed by atoms with van der Waals surface area (Å²) >= 11 is 0. The predicted octanol–water partition coefficient (Wildman–Crippen LogP) is 3.45. The maximum Gasteiger partial charge on any atom is 0.453 e. The van der Waals surface area contributed by atoms with Crippen LogP contribution in [0.4, 0.5) is 23.0 Å². The van der Waals surface area contributed by atoms with Crippen molar-refractivity contribution >= 4 is 16.2 Å². The summed E-state index contributed by atoms with van der Waals surface area (Å²) in [6, 6.07) is 2.61. The second-order valence-corrected chi connectivity index (χ2v) is 7.94. The Morgan fingerprint density at radius 3 is 2.33 bits per heavy atom. The standard InChI is InChI=1S/C16H18F4N4O2S/c1-4-9-7-11(10-5-6-10)13(27(20,25)26)8-12(9)24-15(23(2)3)21-14(22-24)16(17,18)19/h7-8,10H,4-6H2,1-3H3. The first-order chi connectivity index (χ1) is 12.4. The minimum Gasteiger partial charge on any atom is -0.347 e. The van der Waals surface area contributed by atoms with Gasteiger partial charge in [-0.25, -0.2) is 0 Å². The molecule has 1 fully saturated rings. The molecule has 0 unspecified atom stereocenters.